The van der Waals surface area contributed by atoms with Crippen molar-refractivity contribution in [3.05, 3.63) is 28.7 Å². The SMILES string of the molecule is Cc1noc(C)c1CC(=O)N1CCC[C@H]1c1nnc2n1CCCCC2. The number of hydrogen-bond donors (Lipinski definition) is 0. The Labute approximate surface area is 147 Å². The first-order valence-corrected chi connectivity index (χ1v) is 9.28. The lowest BCUT2D eigenvalue weighted by molar-refractivity contribution is -0.131. The molecular formula is C18H25N5O2. The van der Waals surface area contributed by atoms with Gasteiger partial charge in [0.2, 0.25) is 5.91 Å². The van der Waals surface area contributed by atoms with Crippen molar-refractivity contribution in [3.63, 3.8) is 0 Å². The highest BCUT2D eigenvalue weighted by Crippen LogP contribution is 2.33. The summed E-state index contributed by atoms with van der Waals surface area (Å²) in [6, 6.07) is 0.0484. The predicted molar refractivity (Wildman–Crippen MR) is 90.9 cm³/mol. The van der Waals surface area contributed by atoms with Gasteiger partial charge in [-0.15, -0.1) is 10.2 Å². The average Bonchev–Trinajstić information content (AvgIpc) is 3.26. The molecule has 1 amide bonds. The van der Waals surface area contributed by atoms with Crippen LogP contribution in [0.3, 0.4) is 0 Å². The summed E-state index contributed by atoms with van der Waals surface area (Å²) in [7, 11) is 0. The molecule has 134 valence electrons. The first kappa shape index (κ1) is 16.3. The van der Waals surface area contributed by atoms with E-state index in [1.807, 2.05) is 18.7 Å². The lowest BCUT2D eigenvalue weighted by Crippen LogP contribution is -2.33. The first-order valence-electron chi connectivity index (χ1n) is 9.28. The lowest BCUT2D eigenvalue weighted by atomic mass is 10.1. The van der Waals surface area contributed by atoms with Gasteiger partial charge < -0.3 is 14.0 Å². The van der Waals surface area contributed by atoms with Gasteiger partial charge in [-0.25, -0.2) is 0 Å². The smallest absolute Gasteiger partial charge is 0.227 e. The van der Waals surface area contributed by atoms with Crippen LogP contribution in [-0.4, -0.2) is 37.3 Å². The van der Waals surface area contributed by atoms with Gasteiger partial charge in [-0.1, -0.05) is 11.6 Å². The van der Waals surface area contributed by atoms with Crippen LogP contribution < -0.4 is 0 Å². The van der Waals surface area contributed by atoms with E-state index in [0.717, 1.165) is 67.4 Å². The molecule has 0 aromatic carbocycles. The predicted octanol–water partition coefficient (Wildman–Crippen LogP) is 2.52. The van der Waals surface area contributed by atoms with E-state index in [1.54, 1.807) is 0 Å². The standard InChI is InChI=1S/C18H25N5O2/c1-12-14(13(2)25-21-12)11-17(24)22-10-6-7-15(22)18-20-19-16-8-4-3-5-9-23(16)18/h15H,3-11H2,1-2H3/t15-/m0/s1. The van der Waals surface area contributed by atoms with E-state index in [0.29, 0.717) is 6.42 Å². The van der Waals surface area contributed by atoms with E-state index in [1.165, 1.54) is 12.8 Å². The van der Waals surface area contributed by atoms with Crippen molar-refractivity contribution in [2.24, 2.45) is 0 Å². The summed E-state index contributed by atoms with van der Waals surface area (Å²) in [5.74, 6) is 2.92. The highest BCUT2D eigenvalue weighted by molar-refractivity contribution is 5.79. The Balaban J connectivity index is 1.57. The molecule has 0 N–H and O–H groups in total. The Kier molecular flexibility index (Phi) is 4.31. The quantitative estimate of drug-likeness (QED) is 0.856. The van der Waals surface area contributed by atoms with E-state index in [9.17, 15) is 4.79 Å². The minimum absolute atomic E-state index is 0.0484. The minimum Gasteiger partial charge on any atom is -0.361 e. The van der Waals surface area contributed by atoms with Gasteiger partial charge in [0, 0.05) is 25.1 Å². The van der Waals surface area contributed by atoms with Gasteiger partial charge in [0.25, 0.3) is 0 Å². The van der Waals surface area contributed by atoms with Crippen molar-refractivity contribution in [2.45, 2.75) is 71.4 Å². The molecule has 2 aliphatic rings. The molecule has 2 aromatic heterocycles. The Bertz CT molecular complexity index is 759. The summed E-state index contributed by atoms with van der Waals surface area (Å²) in [5.41, 5.74) is 1.72. The number of carbonyl (C=O) groups excluding carboxylic acids is 1. The Morgan fingerprint density at radius 3 is 2.84 bits per heavy atom. The molecule has 1 atom stereocenters. The van der Waals surface area contributed by atoms with Crippen molar-refractivity contribution in [3.8, 4) is 0 Å². The lowest BCUT2D eigenvalue weighted by Gasteiger charge is -2.24. The third kappa shape index (κ3) is 2.96. The Morgan fingerprint density at radius 1 is 1.16 bits per heavy atom. The van der Waals surface area contributed by atoms with Crippen LogP contribution >= 0.6 is 0 Å². The molecular weight excluding hydrogens is 318 g/mol. The molecule has 0 unspecified atom stereocenters. The monoisotopic (exact) mass is 343 g/mol. The number of aromatic nitrogens is 4. The number of hydrogen-bond acceptors (Lipinski definition) is 5. The molecule has 2 aliphatic heterocycles. The van der Waals surface area contributed by atoms with Gasteiger partial charge in [0.15, 0.2) is 5.82 Å². The number of carbonyl (C=O) groups is 1. The summed E-state index contributed by atoms with van der Waals surface area (Å²) < 4.78 is 7.46. The highest BCUT2D eigenvalue weighted by atomic mass is 16.5. The molecule has 0 spiro atoms. The second-order valence-corrected chi connectivity index (χ2v) is 7.16. The maximum absolute atomic E-state index is 13.0. The Morgan fingerprint density at radius 2 is 2.04 bits per heavy atom. The van der Waals surface area contributed by atoms with E-state index in [4.69, 9.17) is 4.52 Å². The third-order valence-electron chi connectivity index (χ3n) is 5.52. The second kappa shape index (κ2) is 6.61. The molecule has 25 heavy (non-hydrogen) atoms. The van der Waals surface area contributed by atoms with E-state index in [2.05, 4.69) is 19.9 Å². The molecule has 7 nitrogen and oxygen atoms in total. The van der Waals surface area contributed by atoms with Crippen LogP contribution in [0.4, 0.5) is 0 Å². The number of aryl methyl sites for hydroxylation is 3. The zero-order chi connectivity index (χ0) is 17.4. The van der Waals surface area contributed by atoms with E-state index >= 15 is 0 Å². The van der Waals surface area contributed by atoms with Crippen LogP contribution in [0.1, 0.15) is 66.8 Å². The fourth-order valence-electron chi connectivity index (χ4n) is 4.09. The van der Waals surface area contributed by atoms with Gasteiger partial charge in [0.05, 0.1) is 18.2 Å². The van der Waals surface area contributed by atoms with E-state index < -0.39 is 0 Å². The molecule has 0 bridgehead atoms. The highest BCUT2D eigenvalue weighted by Gasteiger charge is 2.34. The summed E-state index contributed by atoms with van der Waals surface area (Å²) in [6.45, 7) is 5.51. The zero-order valence-corrected chi connectivity index (χ0v) is 15.0. The van der Waals surface area contributed by atoms with Crippen LogP contribution in [0.5, 0.6) is 0 Å². The molecule has 0 radical (unpaired) electrons. The maximum Gasteiger partial charge on any atom is 0.227 e. The van der Waals surface area contributed by atoms with Crippen LogP contribution in [0.2, 0.25) is 0 Å². The van der Waals surface area contributed by atoms with Gasteiger partial charge in [-0.2, -0.15) is 0 Å². The van der Waals surface area contributed by atoms with E-state index in [-0.39, 0.29) is 11.9 Å². The van der Waals surface area contributed by atoms with Crippen LogP contribution in [-0.2, 0) is 24.2 Å². The Hall–Kier alpha value is -2.18. The maximum atomic E-state index is 13.0. The van der Waals surface area contributed by atoms with Crippen molar-refractivity contribution in [1.82, 2.24) is 24.8 Å². The molecule has 2 aromatic rings. The van der Waals surface area contributed by atoms with Crippen LogP contribution in [0, 0.1) is 13.8 Å². The zero-order valence-electron chi connectivity index (χ0n) is 15.0. The fourth-order valence-corrected chi connectivity index (χ4v) is 4.09. The van der Waals surface area contributed by atoms with Crippen LogP contribution in [0.15, 0.2) is 4.52 Å². The number of amides is 1. The van der Waals surface area contributed by atoms with Gasteiger partial charge in [-0.3, -0.25) is 4.79 Å². The van der Waals surface area contributed by atoms with Crippen molar-refractivity contribution < 1.29 is 9.32 Å². The molecule has 1 fully saturated rings. The summed E-state index contributed by atoms with van der Waals surface area (Å²) in [5, 5.41) is 12.8. The van der Waals surface area contributed by atoms with Crippen molar-refractivity contribution in [2.75, 3.05) is 6.54 Å². The van der Waals surface area contributed by atoms with Gasteiger partial charge in [0.1, 0.15) is 11.6 Å². The number of nitrogens with zero attached hydrogens (tertiary/aromatic N) is 5. The molecule has 7 heteroatoms. The fraction of sp³-hybridized carbons (Fsp3) is 0.667. The first-order chi connectivity index (χ1) is 12.1. The number of likely N-dealkylation sites (tertiary alicyclic amines) is 1. The summed E-state index contributed by atoms with van der Waals surface area (Å²) in [4.78, 5) is 14.9. The number of fused-ring (bicyclic) bond motifs is 1. The van der Waals surface area contributed by atoms with Crippen molar-refractivity contribution >= 4 is 5.91 Å². The summed E-state index contributed by atoms with van der Waals surface area (Å²) in [6.07, 6.45) is 6.90. The molecule has 1 saturated heterocycles. The normalized spacial score (nSPS) is 20.6. The second-order valence-electron chi connectivity index (χ2n) is 7.16. The minimum atomic E-state index is 0.0484. The van der Waals surface area contributed by atoms with Gasteiger partial charge >= 0.3 is 0 Å². The molecule has 4 rings (SSSR count). The average molecular weight is 343 g/mol. The number of rotatable bonds is 3. The van der Waals surface area contributed by atoms with Crippen molar-refractivity contribution in [1.29, 1.82) is 0 Å². The topological polar surface area (TPSA) is 77.1 Å². The molecule has 0 saturated carbocycles. The largest absolute Gasteiger partial charge is 0.361 e. The van der Waals surface area contributed by atoms with Gasteiger partial charge in [-0.05, 0) is 39.5 Å². The molecule has 4 heterocycles. The third-order valence-corrected chi connectivity index (χ3v) is 5.52. The molecule has 0 aliphatic carbocycles. The summed E-state index contributed by atoms with van der Waals surface area (Å²) >= 11 is 0. The van der Waals surface area contributed by atoms with Crippen LogP contribution in [0.25, 0.3) is 0 Å².